The van der Waals surface area contributed by atoms with Crippen molar-refractivity contribution in [2.75, 3.05) is 0 Å². The Hall–Kier alpha value is -1.19. The molecule has 8 nitrogen and oxygen atoms in total. The topological polar surface area (TPSA) is 152 Å². The lowest BCUT2D eigenvalue weighted by Crippen LogP contribution is -2.53. The summed E-state index contributed by atoms with van der Waals surface area (Å²) in [5.74, 6) is -2.85. The van der Waals surface area contributed by atoms with Crippen molar-refractivity contribution in [2.45, 2.75) is 121 Å². The first-order chi connectivity index (χ1) is 14.2. The molecule has 0 radical (unpaired) electrons. The largest absolute Gasteiger partial charge is 0.387 e. The zero-order valence-corrected chi connectivity index (χ0v) is 18.3. The molecule has 0 aliphatic carbocycles. The third-order valence-electron chi connectivity index (χ3n) is 5.25. The number of unbranched alkanes of at least 4 members (excludes halogenated alkanes) is 8. The highest BCUT2D eigenvalue weighted by molar-refractivity contribution is 6.07. The standard InChI is InChI=1S/C22H40O8/c1-3-5-7-9-11-13-15(23)17(25)19(27)21(29)22(30)20(28)18(26)16(24)14-12-10-8-6-4-2/h17-19,21-22,25-27,29-30H,3-14H2,1-2H3/t17?,18?,19-,21-,22+/m1/s1. The lowest BCUT2D eigenvalue weighted by atomic mass is 9.92. The van der Waals surface area contributed by atoms with Crippen LogP contribution in [-0.4, -0.2) is 73.4 Å². The summed E-state index contributed by atoms with van der Waals surface area (Å²) in [5, 5.41) is 49.6. The first-order valence-corrected chi connectivity index (χ1v) is 11.2. The molecule has 0 bridgehead atoms. The molecular formula is C22H40O8. The van der Waals surface area contributed by atoms with Crippen LogP contribution < -0.4 is 0 Å². The molecule has 0 saturated heterocycles. The quantitative estimate of drug-likeness (QED) is 0.151. The molecule has 0 aromatic heterocycles. The first-order valence-electron chi connectivity index (χ1n) is 11.2. The number of aliphatic hydroxyl groups is 5. The molecule has 0 fully saturated rings. The van der Waals surface area contributed by atoms with Gasteiger partial charge in [0, 0.05) is 12.8 Å². The van der Waals surface area contributed by atoms with Gasteiger partial charge in [0.25, 0.3) is 0 Å². The Balaban J connectivity index is 4.54. The first kappa shape index (κ1) is 28.8. The van der Waals surface area contributed by atoms with Gasteiger partial charge in [0.15, 0.2) is 23.5 Å². The number of carbonyl (C=O) groups is 3. The average molecular weight is 433 g/mol. The Morgan fingerprint density at radius 3 is 1.43 bits per heavy atom. The van der Waals surface area contributed by atoms with Crippen LogP contribution in [0.1, 0.15) is 90.9 Å². The Labute approximate surface area is 179 Å². The lowest BCUT2D eigenvalue weighted by Gasteiger charge is -2.26. The van der Waals surface area contributed by atoms with Crippen LogP contribution in [0.4, 0.5) is 0 Å². The van der Waals surface area contributed by atoms with E-state index in [0.29, 0.717) is 12.8 Å². The van der Waals surface area contributed by atoms with Crippen molar-refractivity contribution in [1.82, 2.24) is 0 Å². The van der Waals surface area contributed by atoms with E-state index in [9.17, 15) is 39.9 Å². The number of ketones is 3. The van der Waals surface area contributed by atoms with Crippen LogP contribution in [0, 0.1) is 0 Å². The van der Waals surface area contributed by atoms with Gasteiger partial charge in [0.1, 0.15) is 24.4 Å². The van der Waals surface area contributed by atoms with Crippen molar-refractivity contribution in [3.05, 3.63) is 0 Å². The average Bonchev–Trinajstić information content (AvgIpc) is 2.75. The summed E-state index contributed by atoms with van der Waals surface area (Å²) in [5.41, 5.74) is 0. The molecule has 0 heterocycles. The molecule has 0 aliphatic rings. The van der Waals surface area contributed by atoms with Gasteiger partial charge in [0.05, 0.1) is 0 Å². The summed E-state index contributed by atoms with van der Waals surface area (Å²) < 4.78 is 0. The molecule has 2 unspecified atom stereocenters. The molecule has 8 heteroatoms. The van der Waals surface area contributed by atoms with Crippen LogP contribution in [0.2, 0.25) is 0 Å². The maximum Gasteiger partial charge on any atom is 0.199 e. The molecule has 0 spiro atoms. The second-order valence-corrected chi connectivity index (χ2v) is 7.94. The summed E-state index contributed by atoms with van der Waals surface area (Å²) in [6.07, 6.45) is -2.15. The number of carbonyl (C=O) groups excluding carboxylic acids is 3. The van der Waals surface area contributed by atoms with Gasteiger partial charge in [-0.25, -0.2) is 0 Å². The normalized spacial score (nSPS) is 16.5. The fourth-order valence-electron chi connectivity index (χ4n) is 3.14. The van der Waals surface area contributed by atoms with Gasteiger partial charge in [-0.15, -0.1) is 0 Å². The second-order valence-electron chi connectivity index (χ2n) is 7.94. The minimum atomic E-state index is -2.30. The maximum absolute atomic E-state index is 12.1. The Kier molecular flexibility index (Phi) is 15.8. The summed E-state index contributed by atoms with van der Waals surface area (Å²) >= 11 is 0. The van der Waals surface area contributed by atoms with Crippen LogP contribution in [0.3, 0.4) is 0 Å². The number of Topliss-reactive ketones (excluding diaryl/α,β-unsaturated/α-hetero) is 3. The predicted molar refractivity (Wildman–Crippen MR) is 112 cm³/mol. The minimum absolute atomic E-state index is 0.00214. The Bertz CT molecular complexity index is 507. The van der Waals surface area contributed by atoms with Crippen LogP contribution in [0.5, 0.6) is 0 Å². The van der Waals surface area contributed by atoms with Crippen molar-refractivity contribution in [1.29, 1.82) is 0 Å². The van der Waals surface area contributed by atoms with Gasteiger partial charge in [0.2, 0.25) is 0 Å². The molecule has 0 saturated carbocycles. The zero-order chi connectivity index (χ0) is 23.1. The molecular weight excluding hydrogens is 392 g/mol. The van der Waals surface area contributed by atoms with Crippen molar-refractivity contribution < 1.29 is 39.9 Å². The third kappa shape index (κ3) is 10.7. The maximum atomic E-state index is 12.1. The monoisotopic (exact) mass is 432 g/mol. The number of hydrogen-bond donors (Lipinski definition) is 5. The highest BCUT2D eigenvalue weighted by Gasteiger charge is 2.40. The summed E-state index contributed by atoms with van der Waals surface area (Å²) in [4.78, 5) is 36.0. The van der Waals surface area contributed by atoms with Crippen LogP contribution >= 0.6 is 0 Å². The van der Waals surface area contributed by atoms with E-state index in [1.165, 1.54) is 0 Å². The summed E-state index contributed by atoms with van der Waals surface area (Å²) in [6.45, 7) is 4.10. The second kappa shape index (κ2) is 16.5. The van der Waals surface area contributed by atoms with E-state index in [0.717, 1.165) is 51.4 Å². The molecule has 176 valence electrons. The Morgan fingerprint density at radius 1 is 0.567 bits per heavy atom. The van der Waals surface area contributed by atoms with Crippen LogP contribution in [0.15, 0.2) is 0 Å². The van der Waals surface area contributed by atoms with E-state index < -0.39 is 47.9 Å². The van der Waals surface area contributed by atoms with E-state index in [-0.39, 0.29) is 12.8 Å². The third-order valence-corrected chi connectivity index (χ3v) is 5.25. The summed E-state index contributed by atoms with van der Waals surface area (Å²) in [7, 11) is 0. The molecule has 0 aromatic carbocycles. The smallest absolute Gasteiger partial charge is 0.199 e. The molecule has 5 atom stereocenters. The molecule has 0 aliphatic heterocycles. The number of aliphatic hydroxyl groups excluding tert-OH is 5. The van der Waals surface area contributed by atoms with Gasteiger partial charge in [-0.1, -0.05) is 65.2 Å². The van der Waals surface area contributed by atoms with Gasteiger partial charge in [-0.05, 0) is 12.8 Å². The molecule has 30 heavy (non-hydrogen) atoms. The van der Waals surface area contributed by atoms with Gasteiger partial charge in [-0.2, -0.15) is 0 Å². The number of rotatable bonds is 19. The van der Waals surface area contributed by atoms with E-state index in [1.807, 2.05) is 6.92 Å². The molecule has 0 aromatic rings. The van der Waals surface area contributed by atoms with Gasteiger partial charge < -0.3 is 25.5 Å². The van der Waals surface area contributed by atoms with Crippen molar-refractivity contribution in [3.8, 4) is 0 Å². The van der Waals surface area contributed by atoms with E-state index >= 15 is 0 Å². The molecule has 0 amide bonds. The van der Waals surface area contributed by atoms with Gasteiger partial charge in [-0.3, -0.25) is 14.4 Å². The van der Waals surface area contributed by atoms with Crippen molar-refractivity contribution >= 4 is 17.3 Å². The predicted octanol–water partition coefficient (Wildman–Crippen LogP) is 1.22. The molecule has 5 N–H and O–H groups in total. The van der Waals surface area contributed by atoms with Crippen LogP contribution in [0.25, 0.3) is 0 Å². The summed E-state index contributed by atoms with van der Waals surface area (Å²) in [6, 6.07) is 0. The van der Waals surface area contributed by atoms with Crippen molar-refractivity contribution in [3.63, 3.8) is 0 Å². The fourth-order valence-corrected chi connectivity index (χ4v) is 3.14. The molecule has 0 rings (SSSR count). The van der Waals surface area contributed by atoms with Crippen molar-refractivity contribution in [2.24, 2.45) is 0 Å². The SMILES string of the molecule is CCCCCCCC(=O)C(O)C(=O)[C@H](O)[C@H](O)[C@H](O)C(O)C(=O)CCCCCCC. The zero-order valence-electron chi connectivity index (χ0n) is 18.3. The minimum Gasteiger partial charge on any atom is -0.387 e. The Morgan fingerprint density at radius 2 is 0.967 bits per heavy atom. The number of hydrogen-bond acceptors (Lipinski definition) is 8. The van der Waals surface area contributed by atoms with Crippen LogP contribution in [-0.2, 0) is 14.4 Å². The van der Waals surface area contributed by atoms with E-state index in [1.54, 1.807) is 0 Å². The highest BCUT2D eigenvalue weighted by atomic mass is 16.4. The fraction of sp³-hybridized carbons (Fsp3) is 0.864. The van der Waals surface area contributed by atoms with Gasteiger partial charge >= 0.3 is 0 Å². The highest BCUT2D eigenvalue weighted by Crippen LogP contribution is 2.14. The van der Waals surface area contributed by atoms with E-state index in [4.69, 9.17) is 0 Å². The lowest BCUT2D eigenvalue weighted by molar-refractivity contribution is -0.160. The van der Waals surface area contributed by atoms with E-state index in [2.05, 4.69) is 6.92 Å².